The Hall–Kier alpha value is -2.84. The van der Waals surface area contributed by atoms with Gasteiger partial charge < -0.3 is 11.1 Å². The first-order chi connectivity index (χ1) is 14.1. The Balaban J connectivity index is 1.88. The van der Waals surface area contributed by atoms with Crippen LogP contribution in [0.1, 0.15) is 36.3 Å². The zero-order chi connectivity index (χ0) is 20.2. The molecule has 0 saturated heterocycles. The van der Waals surface area contributed by atoms with Crippen LogP contribution in [0.5, 0.6) is 0 Å². The van der Waals surface area contributed by atoms with Crippen LogP contribution in [-0.4, -0.2) is 5.91 Å². The van der Waals surface area contributed by atoms with E-state index in [9.17, 15) is 10.1 Å². The second-order valence-electron chi connectivity index (χ2n) is 7.93. The Kier molecular flexibility index (Phi) is 4.15. The van der Waals surface area contributed by atoms with E-state index in [-0.39, 0.29) is 17.7 Å². The molecule has 144 valence electrons. The number of nitrogens with zero attached hydrogens (tertiary/aromatic N) is 1. The van der Waals surface area contributed by atoms with Crippen LogP contribution in [0.2, 0.25) is 0 Å². The van der Waals surface area contributed by atoms with Gasteiger partial charge in [0.2, 0.25) is 5.91 Å². The third kappa shape index (κ3) is 2.39. The minimum absolute atomic E-state index is 0.0729. The molecule has 1 aliphatic heterocycles. The third-order valence-corrected chi connectivity index (χ3v) is 7.16. The molecular formula is C24H20BrN3O. The van der Waals surface area contributed by atoms with Gasteiger partial charge in [0.1, 0.15) is 11.5 Å². The Bertz CT molecular complexity index is 1130. The summed E-state index contributed by atoms with van der Waals surface area (Å²) < 4.78 is 0.989. The first kappa shape index (κ1) is 18.2. The van der Waals surface area contributed by atoms with Gasteiger partial charge in [0.15, 0.2) is 0 Å². The number of carbonyl (C=O) groups excluding carboxylic acids is 1. The van der Waals surface area contributed by atoms with Crippen molar-refractivity contribution in [1.29, 1.82) is 5.26 Å². The molecule has 3 atom stereocenters. The summed E-state index contributed by atoms with van der Waals surface area (Å²) in [7, 11) is 0. The molecule has 4 nitrogen and oxygen atoms in total. The number of nitrogens with two attached hydrogens (primary N) is 1. The lowest BCUT2D eigenvalue weighted by molar-refractivity contribution is -0.121. The van der Waals surface area contributed by atoms with Gasteiger partial charge in [-0.25, -0.2) is 0 Å². The van der Waals surface area contributed by atoms with Crippen LogP contribution in [0.3, 0.4) is 0 Å². The van der Waals surface area contributed by atoms with Crippen LogP contribution >= 0.6 is 15.9 Å². The summed E-state index contributed by atoms with van der Waals surface area (Å²) in [5, 5.41) is 13.1. The Morgan fingerprint density at radius 1 is 1.17 bits per heavy atom. The van der Waals surface area contributed by atoms with Gasteiger partial charge in [-0.15, -0.1) is 0 Å². The van der Waals surface area contributed by atoms with Crippen LogP contribution in [0, 0.1) is 17.2 Å². The van der Waals surface area contributed by atoms with Gasteiger partial charge in [0.25, 0.3) is 0 Å². The van der Waals surface area contributed by atoms with Crippen molar-refractivity contribution >= 4 is 27.5 Å². The highest BCUT2D eigenvalue weighted by molar-refractivity contribution is 9.10. The van der Waals surface area contributed by atoms with Crippen LogP contribution in [0.15, 0.2) is 75.9 Å². The van der Waals surface area contributed by atoms with Crippen molar-refractivity contribution in [2.24, 2.45) is 11.7 Å². The molecule has 5 rings (SSSR count). The van der Waals surface area contributed by atoms with Gasteiger partial charge in [0.05, 0.1) is 5.57 Å². The van der Waals surface area contributed by atoms with E-state index in [0.717, 1.165) is 46.1 Å². The smallest absolute Gasteiger partial charge is 0.241 e. The largest absolute Gasteiger partial charge is 0.400 e. The summed E-state index contributed by atoms with van der Waals surface area (Å²) in [6.45, 7) is 0. The molecule has 0 saturated carbocycles. The SMILES string of the molecule is N#CC1=C(N)[C@]2(C(=O)Nc3ccccc32)[C@@H](c2ccc(Br)cc2)[C@@H]2CCCC=C12. The van der Waals surface area contributed by atoms with Crippen LogP contribution < -0.4 is 11.1 Å². The van der Waals surface area contributed by atoms with E-state index in [0.29, 0.717) is 11.3 Å². The number of allylic oxidation sites excluding steroid dienone is 3. The molecule has 5 heteroatoms. The predicted octanol–water partition coefficient (Wildman–Crippen LogP) is 4.90. The molecule has 1 spiro atoms. The summed E-state index contributed by atoms with van der Waals surface area (Å²) in [4.78, 5) is 13.6. The minimum Gasteiger partial charge on any atom is -0.400 e. The number of fused-ring (bicyclic) bond motifs is 3. The van der Waals surface area contributed by atoms with Crippen molar-refractivity contribution < 1.29 is 4.79 Å². The van der Waals surface area contributed by atoms with Gasteiger partial charge in [-0.3, -0.25) is 4.79 Å². The third-order valence-electron chi connectivity index (χ3n) is 6.63. The van der Waals surface area contributed by atoms with Crippen molar-refractivity contribution in [3.63, 3.8) is 0 Å². The number of para-hydroxylation sites is 1. The molecule has 3 aliphatic rings. The number of anilines is 1. The molecule has 2 aliphatic carbocycles. The van der Waals surface area contributed by atoms with Gasteiger partial charge in [-0.1, -0.05) is 52.3 Å². The monoisotopic (exact) mass is 445 g/mol. The standard InChI is InChI=1S/C24H20BrN3O/c25-15-11-9-14(10-12-15)21-17-6-2-1-5-16(17)18(13-26)22(27)24(21)19-7-3-4-8-20(19)28-23(24)29/h3-5,7-12,17,21H,1-2,6,27H2,(H,28,29)/t17-,21+,24-/m1/s1. The molecule has 2 aromatic carbocycles. The highest BCUT2D eigenvalue weighted by atomic mass is 79.9. The molecule has 3 N–H and O–H groups in total. The molecule has 29 heavy (non-hydrogen) atoms. The highest BCUT2D eigenvalue weighted by Gasteiger charge is 2.60. The molecule has 0 fully saturated rings. The fourth-order valence-electron chi connectivity index (χ4n) is 5.49. The minimum atomic E-state index is -1.07. The molecule has 0 aromatic heterocycles. The maximum Gasteiger partial charge on any atom is 0.241 e. The molecule has 0 unspecified atom stereocenters. The lowest BCUT2D eigenvalue weighted by Gasteiger charge is -2.47. The Morgan fingerprint density at radius 2 is 1.93 bits per heavy atom. The zero-order valence-electron chi connectivity index (χ0n) is 15.8. The second kappa shape index (κ2) is 6.60. The molecular weight excluding hydrogens is 426 g/mol. The number of nitriles is 1. The maximum atomic E-state index is 13.6. The zero-order valence-corrected chi connectivity index (χ0v) is 17.4. The Labute approximate surface area is 178 Å². The quantitative estimate of drug-likeness (QED) is 0.654. The average Bonchev–Trinajstić information content (AvgIpc) is 3.03. The van der Waals surface area contributed by atoms with Gasteiger partial charge in [0, 0.05) is 21.8 Å². The molecule has 1 heterocycles. The first-order valence-corrected chi connectivity index (χ1v) is 10.7. The van der Waals surface area contributed by atoms with Gasteiger partial charge in [-0.05, 0) is 60.1 Å². The van der Waals surface area contributed by atoms with Crippen molar-refractivity contribution in [3.05, 3.63) is 87.0 Å². The highest BCUT2D eigenvalue weighted by Crippen LogP contribution is 2.60. The summed E-state index contributed by atoms with van der Waals surface area (Å²) >= 11 is 3.52. The average molecular weight is 446 g/mol. The number of rotatable bonds is 1. The Morgan fingerprint density at radius 3 is 2.69 bits per heavy atom. The van der Waals surface area contributed by atoms with E-state index in [4.69, 9.17) is 5.73 Å². The number of nitrogens with one attached hydrogen (secondary N) is 1. The van der Waals surface area contributed by atoms with E-state index < -0.39 is 5.41 Å². The van der Waals surface area contributed by atoms with Crippen molar-refractivity contribution in [3.8, 4) is 6.07 Å². The van der Waals surface area contributed by atoms with Gasteiger partial charge in [-0.2, -0.15) is 5.26 Å². The van der Waals surface area contributed by atoms with Crippen molar-refractivity contribution in [1.82, 2.24) is 0 Å². The summed E-state index contributed by atoms with van der Waals surface area (Å²) in [6, 6.07) is 18.2. The number of carbonyl (C=O) groups is 1. The first-order valence-electron chi connectivity index (χ1n) is 9.86. The molecule has 1 amide bonds. The van der Waals surface area contributed by atoms with E-state index >= 15 is 0 Å². The number of benzene rings is 2. The van der Waals surface area contributed by atoms with E-state index in [1.807, 2.05) is 36.4 Å². The topological polar surface area (TPSA) is 78.9 Å². The normalized spacial score (nSPS) is 27.7. The fraction of sp³-hybridized carbons (Fsp3) is 0.250. The second-order valence-corrected chi connectivity index (χ2v) is 8.85. The van der Waals surface area contributed by atoms with E-state index in [1.54, 1.807) is 0 Å². The summed E-state index contributed by atoms with van der Waals surface area (Å²) in [5.41, 5.74) is 10.3. The fourth-order valence-corrected chi connectivity index (χ4v) is 5.75. The van der Waals surface area contributed by atoms with Crippen molar-refractivity contribution in [2.45, 2.75) is 30.6 Å². The van der Waals surface area contributed by atoms with E-state index in [2.05, 4.69) is 45.5 Å². The lowest BCUT2D eigenvalue weighted by atomic mass is 9.54. The molecule has 2 aromatic rings. The maximum absolute atomic E-state index is 13.6. The van der Waals surface area contributed by atoms with Crippen LogP contribution in [-0.2, 0) is 10.2 Å². The summed E-state index contributed by atoms with van der Waals surface area (Å²) in [6.07, 6.45) is 5.06. The van der Waals surface area contributed by atoms with E-state index in [1.165, 1.54) is 0 Å². The van der Waals surface area contributed by atoms with Gasteiger partial charge >= 0.3 is 0 Å². The predicted molar refractivity (Wildman–Crippen MR) is 116 cm³/mol. The molecule has 0 bridgehead atoms. The number of halogens is 1. The summed E-state index contributed by atoms with van der Waals surface area (Å²) in [5.74, 6) is -0.229. The number of hydrogen-bond acceptors (Lipinski definition) is 3. The van der Waals surface area contributed by atoms with Crippen molar-refractivity contribution in [2.75, 3.05) is 5.32 Å². The van der Waals surface area contributed by atoms with Crippen LogP contribution in [0.25, 0.3) is 0 Å². The number of amides is 1. The van der Waals surface area contributed by atoms with Crippen LogP contribution in [0.4, 0.5) is 5.69 Å². The molecule has 0 radical (unpaired) electrons. The number of hydrogen-bond donors (Lipinski definition) is 2. The lowest BCUT2D eigenvalue weighted by Crippen LogP contribution is -2.51.